The Kier molecular flexibility index (Phi) is 2.40. The zero-order valence-corrected chi connectivity index (χ0v) is 10.1. The minimum atomic E-state index is -1.08. The summed E-state index contributed by atoms with van der Waals surface area (Å²) in [5, 5.41) is 8.98. The Morgan fingerprint density at radius 3 is 2.87 bits per heavy atom. The molecule has 0 fully saturated rings. The number of hydrogen-bond donors (Lipinski definition) is 1. The second-order valence-corrected chi connectivity index (χ2v) is 5.44. The van der Waals surface area contributed by atoms with Crippen molar-refractivity contribution in [3.63, 3.8) is 0 Å². The molecule has 0 aromatic carbocycles. The van der Waals surface area contributed by atoms with Gasteiger partial charge < -0.3 is 9.67 Å². The van der Waals surface area contributed by atoms with Crippen molar-refractivity contribution in [2.24, 2.45) is 7.05 Å². The SMILES string of the molecule is Cn1c(C(=O)O)c(C=O)c2sc(Br)cc21. The van der Waals surface area contributed by atoms with Crippen LogP contribution in [0.15, 0.2) is 9.85 Å². The summed E-state index contributed by atoms with van der Waals surface area (Å²) in [7, 11) is 1.64. The van der Waals surface area contributed by atoms with Crippen LogP contribution in [-0.4, -0.2) is 21.9 Å². The maximum Gasteiger partial charge on any atom is 0.353 e. The van der Waals surface area contributed by atoms with Gasteiger partial charge in [-0.3, -0.25) is 4.79 Å². The van der Waals surface area contributed by atoms with E-state index in [1.165, 1.54) is 15.9 Å². The van der Waals surface area contributed by atoms with E-state index in [2.05, 4.69) is 15.9 Å². The summed E-state index contributed by atoms with van der Waals surface area (Å²) in [6.45, 7) is 0. The van der Waals surface area contributed by atoms with Crippen LogP contribution in [0.4, 0.5) is 0 Å². The highest BCUT2D eigenvalue weighted by Crippen LogP contribution is 2.34. The molecule has 0 unspecified atom stereocenters. The zero-order valence-electron chi connectivity index (χ0n) is 7.65. The van der Waals surface area contributed by atoms with Gasteiger partial charge in [0.25, 0.3) is 0 Å². The van der Waals surface area contributed by atoms with Crippen molar-refractivity contribution in [3.8, 4) is 0 Å². The minimum absolute atomic E-state index is 0.0405. The first-order valence-electron chi connectivity index (χ1n) is 4.02. The van der Waals surface area contributed by atoms with Gasteiger partial charge in [0.1, 0.15) is 5.69 Å². The summed E-state index contributed by atoms with van der Waals surface area (Å²) in [6.07, 6.45) is 0.592. The molecule has 2 rings (SSSR count). The Bertz CT molecular complexity index is 569. The Labute approximate surface area is 97.3 Å². The fraction of sp³-hybridized carbons (Fsp3) is 0.111. The number of halogens is 1. The number of aromatic carboxylic acids is 1. The molecule has 2 aromatic rings. The third-order valence-corrected chi connectivity index (χ3v) is 3.86. The largest absolute Gasteiger partial charge is 0.477 e. The summed E-state index contributed by atoms with van der Waals surface area (Å²) in [6, 6.07) is 1.80. The third kappa shape index (κ3) is 1.40. The predicted octanol–water partition coefficient (Wildman–Crippen LogP) is 2.51. The number of aryl methyl sites for hydroxylation is 1. The molecule has 0 saturated carbocycles. The van der Waals surface area contributed by atoms with E-state index in [1.807, 2.05) is 0 Å². The molecular weight excluding hydrogens is 282 g/mol. The van der Waals surface area contributed by atoms with Gasteiger partial charge in [-0.2, -0.15) is 0 Å². The number of nitrogens with zero attached hydrogens (tertiary/aromatic N) is 1. The lowest BCUT2D eigenvalue weighted by molar-refractivity contribution is 0.0684. The normalized spacial score (nSPS) is 10.8. The molecule has 15 heavy (non-hydrogen) atoms. The van der Waals surface area contributed by atoms with Crippen LogP contribution in [0.25, 0.3) is 10.2 Å². The van der Waals surface area contributed by atoms with Crippen LogP contribution in [0.2, 0.25) is 0 Å². The molecule has 0 aliphatic carbocycles. The van der Waals surface area contributed by atoms with Gasteiger partial charge in [-0.25, -0.2) is 4.79 Å². The summed E-state index contributed by atoms with van der Waals surface area (Å²) >= 11 is 4.66. The first-order valence-corrected chi connectivity index (χ1v) is 5.63. The monoisotopic (exact) mass is 287 g/mol. The standard InChI is InChI=1S/C9H6BrNO3S/c1-11-5-2-6(10)15-8(5)4(3-12)7(11)9(13)14/h2-3H,1H3,(H,13,14). The highest BCUT2D eigenvalue weighted by atomic mass is 79.9. The fourth-order valence-electron chi connectivity index (χ4n) is 1.57. The molecule has 78 valence electrons. The van der Waals surface area contributed by atoms with Crippen molar-refractivity contribution >= 4 is 49.7 Å². The number of fused-ring (bicyclic) bond motifs is 1. The van der Waals surface area contributed by atoms with Crippen molar-refractivity contribution in [3.05, 3.63) is 21.1 Å². The molecule has 0 aliphatic rings. The lowest BCUT2D eigenvalue weighted by atomic mass is 10.2. The topological polar surface area (TPSA) is 59.3 Å². The average molecular weight is 288 g/mol. The second-order valence-electron chi connectivity index (χ2n) is 3.01. The molecule has 6 heteroatoms. The van der Waals surface area contributed by atoms with E-state index in [4.69, 9.17) is 5.11 Å². The molecule has 0 bridgehead atoms. The van der Waals surface area contributed by atoms with E-state index in [0.717, 1.165) is 9.30 Å². The van der Waals surface area contributed by atoms with Gasteiger partial charge in [0.2, 0.25) is 0 Å². The molecule has 0 aliphatic heterocycles. The highest BCUT2D eigenvalue weighted by molar-refractivity contribution is 9.11. The molecular formula is C9H6BrNO3S. The number of aromatic nitrogens is 1. The molecule has 2 aromatic heterocycles. The lowest BCUT2D eigenvalue weighted by Crippen LogP contribution is -2.06. The highest BCUT2D eigenvalue weighted by Gasteiger charge is 2.21. The summed E-state index contributed by atoms with van der Waals surface area (Å²) in [5.41, 5.74) is 1.04. The van der Waals surface area contributed by atoms with Gasteiger partial charge in [0, 0.05) is 7.05 Å². The first-order chi connectivity index (χ1) is 7.06. The van der Waals surface area contributed by atoms with Crippen LogP contribution in [0.1, 0.15) is 20.8 Å². The summed E-state index contributed by atoms with van der Waals surface area (Å²) in [4.78, 5) is 21.9. The molecule has 1 N–H and O–H groups in total. The maximum atomic E-state index is 11.0. The van der Waals surface area contributed by atoms with Crippen molar-refractivity contribution in [2.45, 2.75) is 0 Å². The summed E-state index contributed by atoms with van der Waals surface area (Å²) in [5.74, 6) is -1.08. The van der Waals surface area contributed by atoms with Crippen molar-refractivity contribution in [2.75, 3.05) is 0 Å². The number of carbonyl (C=O) groups is 2. The molecule has 0 spiro atoms. The Hall–Kier alpha value is -1.14. The van der Waals surface area contributed by atoms with E-state index in [9.17, 15) is 9.59 Å². The van der Waals surface area contributed by atoms with E-state index < -0.39 is 5.97 Å². The van der Waals surface area contributed by atoms with E-state index in [0.29, 0.717) is 11.0 Å². The van der Waals surface area contributed by atoms with Gasteiger partial charge in [-0.15, -0.1) is 11.3 Å². The van der Waals surface area contributed by atoms with Gasteiger partial charge in [-0.05, 0) is 22.0 Å². The number of carboxylic acids is 1. The Balaban J connectivity index is 2.92. The molecule has 0 amide bonds. The Morgan fingerprint density at radius 2 is 2.33 bits per heavy atom. The van der Waals surface area contributed by atoms with Gasteiger partial charge in [0.15, 0.2) is 6.29 Å². The number of aldehydes is 1. The van der Waals surface area contributed by atoms with Crippen molar-refractivity contribution in [1.82, 2.24) is 4.57 Å². The van der Waals surface area contributed by atoms with E-state index in [1.54, 1.807) is 13.1 Å². The Morgan fingerprint density at radius 1 is 1.67 bits per heavy atom. The molecule has 4 nitrogen and oxygen atoms in total. The molecule has 0 atom stereocenters. The average Bonchev–Trinajstić information content (AvgIpc) is 2.63. The zero-order chi connectivity index (χ0) is 11.2. The van der Waals surface area contributed by atoms with Crippen LogP contribution in [0, 0.1) is 0 Å². The third-order valence-electron chi connectivity index (χ3n) is 2.20. The lowest BCUT2D eigenvalue weighted by Gasteiger charge is -1.98. The smallest absolute Gasteiger partial charge is 0.353 e. The maximum absolute atomic E-state index is 11.0. The molecule has 2 heterocycles. The first kappa shape index (κ1) is 10.4. The van der Waals surface area contributed by atoms with Gasteiger partial charge in [0.05, 0.1) is 19.6 Å². The van der Waals surface area contributed by atoms with Crippen molar-refractivity contribution < 1.29 is 14.7 Å². The van der Waals surface area contributed by atoms with Gasteiger partial charge in [-0.1, -0.05) is 0 Å². The molecule has 0 saturated heterocycles. The molecule has 0 radical (unpaired) electrons. The van der Waals surface area contributed by atoms with Crippen LogP contribution < -0.4 is 0 Å². The van der Waals surface area contributed by atoms with Crippen LogP contribution in [0.3, 0.4) is 0 Å². The van der Waals surface area contributed by atoms with Gasteiger partial charge >= 0.3 is 5.97 Å². The van der Waals surface area contributed by atoms with E-state index >= 15 is 0 Å². The number of thiophene rings is 1. The van der Waals surface area contributed by atoms with Crippen LogP contribution in [0.5, 0.6) is 0 Å². The summed E-state index contributed by atoms with van der Waals surface area (Å²) < 4.78 is 3.10. The fourth-order valence-corrected chi connectivity index (χ4v) is 3.19. The van der Waals surface area contributed by atoms with Crippen LogP contribution in [-0.2, 0) is 7.05 Å². The van der Waals surface area contributed by atoms with Crippen LogP contribution >= 0.6 is 27.3 Å². The quantitative estimate of drug-likeness (QED) is 0.864. The number of carbonyl (C=O) groups excluding carboxylic acids is 1. The van der Waals surface area contributed by atoms with E-state index in [-0.39, 0.29) is 11.3 Å². The van der Waals surface area contributed by atoms with Crippen molar-refractivity contribution in [1.29, 1.82) is 0 Å². The predicted molar refractivity (Wildman–Crippen MR) is 60.8 cm³/mol. The number of rotatable bonds is 2. The second kappa shape index (κ2) is 3.46. The number of carboxylic acid groups (broad SMARTS) is 1. The number of hydrogen-bond acceptors (Lipinski definition) is 3. The minimum Gasteiger partial charge on any atom is -0.477 e.